The Morgan fingerprint density at radius 1 is 1.10 bits per heavy atom. The van der Waals surface area contributed by atoms with Crippen LogP contribution < -0.4 is 14.4 Å². The zero-order valence-corrected chi connectivity index (χ0v) is 19.3. The highest BCUT2D eigenvalue weighted by Crippen LogP contribution is 2.25. The monoisotopic (exact) mass is 451 g/mol. The quantitative estimate of drug-likeness (QED) is 0.601. The normalized spacial score (nSPS) is 12.6. The third-order valence-electron chi connectivity index (χ3n) is 4.71. The number of ether oxygens (including phenoxy) is 1. The molecule has 9 heteroatoms. The van der Waals surface area contributed by atoms with E-state index in [1.54, 1.807) is 19.2 Å². The van der Waals surface area contributed by atoms with Crippen LogP contribution in [-0.2, 0) is 15.0 Å². The molecule has 2 aromatic rings. The van der Waals surface area contributed by atoms with Crippen molar-refractivity contribution in [2.24, 2.45) is 5.92 Å². The van der Waals surface area contributed by atoms with Gasteiger partial charge >= 0.3 is 10.2 Å². The van der Waals surface area contributed by atoms with Gasteiger partial charge in [0.05, 0.1) is 18.8 Å². The van der Waals surface area contributed by atoms with Crippen LogP contribution in [0.15, 0.2) is 48.5 Å². The molecule has 0 saturated carbocycles. The van der Waals surface area contributed by atoms with Gasteiger partial charge in [-0.05, 0) is 42.2 Å². The van der Waals surface area contributed by atoms with E-state index in [9.17, 15) is 17.6 Å². The van der Waals surface area contributed by atoms with Gasteiger partial charge in [-0.2, -0.15) is 12.7 Å². The van der Waals surface area contributed by atoms with Gasteiger partial charge in [0.2, 0.25) is 5.91 Å². The molecule has 0 spiro atoms. The molecule has 170 valence electrons. The zero-order valence-electron chi connectivity index (χ0n) is 18.5. The van der Waals surface area contributed by atoms with E-state index in [2.05, 4.69) is 5.32 Å². The first-order valence-electron chi connectivity index (χ1n) is 9.94. The van der Waals surface area contributed by atoms with Crippen LogP contribution in [0.4, 0.5) is 10.1 Å². The fourth-order valence-electron chi connectivity index (χ4n) is 3.10. The Balaban J connectivity index is 2.31. The first-order chi connectivity index (χ1) is 14.6. The lowest BCUT2D eigenvalue weighted by Crippen LogP contribution is -2.46. The Morgan fingerprint density at radius 2 is 1.71 bits per heavy atom. The number of amides is 1. The molecule has 0 radical (unpaired) electrons. The molecule has 0 fully saturated rings. The van der Waals surface area contributed by atoms with E-state index in [0.29, 0.717) is 12.2 Å². The van der Waals surface area contributed by atoms with Crippen molar-refractivity contribution in [2.75, 3.05) is 32.1 Å². The molecule has 1 atom stereocenters. The number of nitrogens with zero attached hydrogens (tertiary/aromatic N) is 2. The molecule has 2 rings (SSSR count). The maximum absolute atomic E-state index is 14.4. The Hall–Kier alpha value is -2.65. The number of carbonyl (C=O) groups excluding carboxylic acids is 1. The minimum absolute atomic E-state index is 0.184. The highest BCUT2D eigenvalue weighted by Gasteiger charge is 2.30. The second kappa shape index (κ2) is 10.6. The lowest BCUT2D eigenvalue weighted by molar-refractivity contribution is -0.120. The van der Waals surface area contributed by atoms with Crippen molar-refractivity contribution >= 4 is 21.8 Å². The molecule has 7 nitrogen and oxygen atoms in total. The number of rotatable bonds is 10. The summed E-state index contributed by atoms with van der Waals surface area (Å²) in [6.45, 7) is 3.52. The van der Waals surface area contributed by atoms with Gasteiger partial charge in [0.1, 0.15) is 18.1 Å². The summed E-state index contributed by atoms with van der Waals surface area (Å²) in [5.74, 6) is -0.286. The van der Waals surface area contributed by atoms with Gasteiger partial charge < -0.3 is 10.1 Å². The van der Waals surface area contributed by atoms with Crippen molar-refractivity contribution in [1.29, 1.82) is 0 Å². The number of nitrogens with one attached hydrogen (secondary N) is 1. The minimum Gasteiger partial charge on any atom is -0.497 e. The number of methoxy groups -OCH3 is 1. The van der Waals surface area contributed by atoms with E-state index in [-0.39, 0.29) is 17.6 Å². The molecule has 0 bridgehead atoms. The van der Waals surface area contributed by atoms with Crippen LogP contribution in [0.3, 0.4) is 0 Å². The molecular weight excluding hydrogens is 421 g/mol. The summed E-state index contributed by atoms with van der Waals surface area (Å²) in [6.07, 6.45) is 0.651. The third kappa shape index (κ3) is 6.41. The molecule has 0 heterocycles. The van der Waals surface area contributed by atoms with Gasteiger partial charge in [0, 0.05) is 14.1 Å². The van der Waals surface area contributed by atoms with Gasteiger partial charge in [-0.1, -0.05) is 38.1 Å². The number of hydrogen-bond acceptors (Lipinski definition) is 4. The van der Waals surface area contributed by atoms with Crippen LogP contribution >= 0.6 is 0 Å². The number of para-hydroxylation sites is 1. The van der Waals surface area contributed by atoms with Crippen LogP contribution in [0.2, 0.25) is 0 Å². The lowest BCUT2D eigenvalue weighted by Gasteiger charge is -2.28. The van der Waals surface area contributed by atoms with Crippen LogP contribution in [-0.4, -0.2) is 46.4 Å². The number of hydrogen-bond donors (Lipinski definition) is 1. The van der Waals surface area contributed by atoms with Crippen molar-refractivity contribution in [2.45, 2.75) is 26.3 Å². The maximum Gasteiger partial charge on any atom is 0.304 e. The van der Waals surface area contributed by atoms with Crippen LogP contribution in [0, 0.1) is 11.7 Å². The molecule has 2 aromatic carbocycles. The predicted molar refractivity (Wildman–Crippen MR) is 120 cm³/mol. The predicted octanol–water partition coefficient (Wildman–Crippen LogP) is 3.35. The summed E-state index contributed by atoms with van der Waals surface area (Å²) >= 11 is 0. The van der Waals surface area contributed by atoms with Gasteiger partial charge in [-0.25, -0.2) is 8.70 Å². The van der Waals surface area contributed by atoms with E-state index >= 15 is 0 Å². The number of benzene rings is 2. The largest absolute Gasteiger partial charge is 0.497 e. The lowest BCUT2D eigenvalue weighted by atomic mass is 9.97. The van der Waals surface area contributed by atoms with Crippen molar-refractivity contribution in [1.82, 2.24) is 9.62 Å². The summed E-state index contributed by atoms with van der Waals surface area (Å²) in [5.41, 5.74) is 0.687. The smallest absolute Gasteiger partial charge is 0.304 e. The van der Waals surface area contributed by atoms with Gasteiger partial charge in [0.25, 0.3) is 0 Å². The Kier molecular flexibility index (Phi) is 8.41. The molecule has 0 unspecified atom stereocenters. The van der Waals surface area contributed by atoms with E-state index in [0.717, 1.165) is 20.2 Å². The summed E-state index contributed by atoms with van der Waals surface area (Å²) in [4.78, 5) is 12.9. The summed E-state index contributed by atoms with van der Waals surface area (Å²) in [6, 6.07) is 12.5. The Morgan fingerprint density at radius 3 is 2.23 bits per heavy atom. The molecule has 0 aromatic heterocycles. The molecular formula is C22H30FN3O4S. The van der Waals surface area contributed by atoms with Crippen molar-refractivity contribution in [3.63, 3.8) is 0 Å². The third-order valence-corrected chi connectivity index (χ3v) is 6.51. The van der Waals surface area contributed by atoms with Crippen molar-refractivity contribution < 1.29 is 22.3 Å². The number of carbonyl (C=O) groups is 1. The average molecular weight is 452 g/mol. The molecule has 1 N–H and O–H groups in total. The van der Waals surface area contributed by atoms with Crippen LogP contribution in [0.1, 0.15) is 31.9 Å². The highest BCUT2D eigenvalue weighted by molar-refractivity contribution is 7.90. The van der Waals surface area contributed by atoms with Crippen molar-refractivity contribution in [3.8, 4) is 5.75 Å². The van der Waals surface area contributed by atoms with Gasteiger partial charge in [-0.15, -0.1) is 0 Å². The van der Waals surface area contributed by atoms with E-state index in [4.69, 9.17) is 4.74 Å². The van der Waals surface area contributed by atoms with Crippen molar-refractivity contribution in [3.05, 3.63) is 59.9 Å². The molecule has 0 saturated heterocycles. The second-order valence-electron chi connectivity index (χ2n) is 7.77. The number of anilines is 1. The Bertz CT molecular complexity index is 979. The molecule has 0 aliphatic rings. The fraction of sp³-hybridized carbons (Fsp3) is 0.409. The first kappa shape index (κ1) is 24.6. The van der Waals surface area contributed by atoms with Crippen LogP contribution in [0.5, 0.6) is 5.75 Å². The average Bonchev–Trinajstić information content (AvgIpc) is 2.71. The van der Waals surface area contributed by atoms with E-state index < -0.39 is 28.5 Å². The van der Waals surface area contributed by atoms with E-state index in [1.165, 1.54) is 32.3 Å². The Labute approximate surface area is 184 Å². The zero-order chi connectivity index (χ0) is 23.2. The first-order valence-corrected chi connectivity index (χ1v) is 11.3. The highest BCUT2D eigenvalue weighted by atomic mass is 32.2. The minimum atomic E-state index is -4.09. The maximum atomic E-state index is 14.4. The summed E-state index contributed by atoms with van der Waals surface area (Å²) < 4.78 is 46.9. The van der Waals surface area contributed by atoms with Gasteiger partial charge in [0.15, 0.2) is 0 Å². The van der Waals surface area contributed by atoms with Crippen LogP contribution in [0.25, 0.3) is 0 Å². The molecule has 0 aliphatic carbocycles. The molecule has 0 aliphatic heterocycles. The molecule has 31 heavy (non-hydrogen) atoms. The fourth-order valence-corrected chi connectivity index (χ4v) is 4.17. The van der Waals surface area contributed by atoms with E-state index in [1.807, 2.05) is 26.0 Å². The second-order valence-corrected chi connectivity index (χ2v) is 9.84. The SMILES string of the molecule is COc1ccc([C@@H](CC(C)C)NC(=O)CN(c2ccccc2F)S(=O)(=O)N(C)C)cc1. The van der Waals surface area contributed by atoms with Gasteiger partial charge in [-0.3, -0.25) is 4.79 Å². The summed E-state index contributed by atoms with van der Waals surface area (Å²) in [5, 5.41) is 2.91. The standard InChI is InChI=1S/C22H30FN3O4S/c1-16(2)14-20(17-10-12-18(30-5)13-11-17)24-22(27)15-26(31(28,29)25(3)4)21-9-7-6-8-19(21)23/h6-13,16,20H,14-15H2,1-5H3,(H,24,27)/t20-/m1/s1. The summed E-state index contributed by atoms with van der Waals surface area (Å²) in [7, 11) is 0.148. The number of halogens is 1. The molecule has 1 amide bonds. The topological polar surface area (TPSA) is 79.0 Å².